The van der Waals surface area contributed by atoms with E-state index in [0.717, 1.165) is 122 Å². The van der Waals surface area contributed by atoms with Gasteiger partial charge in [-0.3, -0.25) is 4.79 Å². The first-order valence-corrected chi connectivity index (χ1v) is 30.6. The first-order valence-electron chi connectivity index (χ1n) is 30.6. The van der Waals surface area contributed by atoms with Crippen LogP contribution in [0.5, 0.6) is 0 Å². The molecule has 0 radical (unpaired) electrons. The summed E-state index contributed by atoms with van der Waals surface area (Å²) < 4.78 is 11.2. The lowest BCUT2D eigenvalue weighted by Gasteiger charge is -2.40. The average Bonchev–Trinajstić information content (AvgIpc) is 3.43. The van der Waals surface area contributed by atoms with Crippen molar-refractivity contribution in [1.82, 2.24) is 5.32 Å². The van der Waals surface area contributed by atoms with Crippen LogP contribution in [0.1, 0.15) is 219 Å². The molecule has 1 saturated heterocycles. The van der Waals surface area contributed by atoms with Gasteiger partial charge in [0.05, 0.1) is 25.4 Å². The fourth-order valence-electron chi connectivity index (χ4n) is 8.59. The van der Waals surface area contributed by atoms with Gasteiger partial charge >= 0.3 is 0 Å². The van der Waals surface area contributed by atoms with Gasteiger partial charge in [-0.1, -0.05) is 243 Å². The summed E-state index contributed by atoms with van der Waals surface area (Å²) in [5.41, 5.74) is 0. The molecule has 1 fully saturated rings. The summed E-state index contributed by atoms with van der Waals surface area (Å²) in [5.74, 6) is -0.208. The summed E-state index contributed by atoms with van der Waals surface area (Å²) in [6.07, 6.45) is 79.1. The molecule has 1 rings (SSSR count). The van der Waals surface area contributed by atoms with Gasteiger partial charge in [0, 0.05) is 6.42 Å². The van der Waals surface area contributed by atoms with Gasteiger partial charge in [0.15, 0.2) is 6.29 Å². The molecule has 1 amide bonds. The number of amides is 1. The molecule has 77 heavy (non-hydrogen) atoms. The summed E-state index contributed by atoms with van der Waals surface area (Å²) in [5, 5.41) is 54.5. The number of unbranched alkanes of at least 4 members (excludes halogenated alkanes) is 18. The molecule has 0 aliphatic carbocycles. The predicted octanol–water partition coefficient (Wildman–Crippen LogP) is 15.8. The van der Waals surface area contributed by atoms with Gasteiger partial charge in [0.2, 0.25) is 5.91 Å². The summed E-state index contributed by atoms with van der Waals surface area (Å²) in [7, 11) is 0. The highest BCUT2D eigenvalue weighted by molar-refractivity contribution is 5.76. The maximum atomic E-state index is 13.1. The third-order valence-corrected chi connectivity index (χ3v) is 13.4. The Morgan fingerprint density at radius 3 is 1.25 bits per heavy atom. The molecule has 9 nitrogen and oxygen atoms in total. The van der Waals surface area contributed by atoms with E-state index in [1.807, 2.05) is 6.08 Å². The second-order valence-electron chi connectivity index (χ2n) is 20.4. The van der Waals surface area contributed by atoms with Gasteiger partial charge in [-0.15, -0.1) is 0 Å². The van der Waals surface area contributed by atoms with E-state index in [4.69, 9.17) is 9.47 Å². The Kier molecular flexibility index (Phi) is 51.1. The molecular formula is C68H111NO8. The molecule has 0 aromatic carbocycles. The predicted molar refractivity (Wildman–Crippen MR) is 326 cm³/mol. The van der Waals surface area contributed by atoms with E-state index in [2.05, 4.69) is 153 Å². The van der Waals surface area contributed by atoms with Crippen molar-refractivity contribution >= 4 is 5.91 Å². The van der Waals surface area contributed by atoms with E-state index in [1.165, 1.54) is 77.0 Å². The van der Waals surface area contributed by atoms with E-state index < -0.39 is 49.5 Å². The van der Waals surface area contributed by atoms with Gasteiger partial charge in [-0.05, 0) is 116 Å². The van der Waals surface area contributed by atoms with E-state index >= 15 is 0 Å². The minimum absolute atomic E-state index is 0.208. The van der Waals surface area contributed by atoms with Crippen molar-refractivity contribution in [2.75, 3.05) is 13.2 Å². The van der Waals surface area contributed by atoms with Crippen molar-refractivity contribution in [2.24, 2.45) is 0 Å². The van der Waals surface area contributed by atoms with Crippen LogP contribution < -0.4 is 5.32 Å². The zero-order valence-electron chi connectivity index (χ0n) is 48.4. The SMILES string of the molecule is CC/C=C\C/C=C\C/C=C\C/C=C\C/C=C\C/C=C\C/C=C\C/C=C\C/C=C\CCCCCCCCCC(=O)NC(COC1OC(CO)C(O)C(O)C1O)C(O)/C=C/CC/C=C/CC/C=C/CCCCCCCCCCC. The summed E-state index contributed by atoms with van der Waals surface area (Å²) in [6.45, 7) is 3.62. The summed E-state index contributed by atoms with van der Waals surface area (Å²) >= 11 is 0. The Morgan fingerprint density at radius 1 is 0.455 bits per heavy atom. The summed E-state index contributed by atoms with van der Waals surface area (Å²) in [4.78, 5) is 13.1. The van der Waals surface area contributed by atoms with Gasteiger partial charge < -0.3 is 40.3 Å². The molecule has 1 aliphatic heterocycles. The van der Waals surface area contributed by atoms with Crippen LogP contribution in [-0.2, 0) is 14.3 Å². The average molecular weight is 1070 g/mol. The van der Waals surface area contributed by atoms with Crippen molar-refractivity contribution in [3.05, 3.63) is 146 Å². The molecule has 1 aliphatic rings. The van der Waals surface area contributed by atoms with E-state index in [0.29, 0.717) is 6.42 Å². The number of allylic oxidation sites excluding steroid dienone is 23. The molecule has 0 aromatic heterocycles. The maximum absolute atomic E-state index is 13.1. The number of rotatable bonds is 50. The molecule has 0 bridgehead atoms. The number of hydrogen-bond acceptors (Lipinski definition) is 8. The molecule has 7 unspecified atom stereocenters. The lowest BCUT2D eigenvalue weighted by Crippen LogP contribution is -2.60. The molecule has 6 N–H and O–H groups in total. The lowest BCUT2D eigenvalue weighted by atomic mass is 9.99. The Labute approximate surface area is 470 Å². The number of aliphatic hydroxyl groups excluding tert-OH is 5. The van der Waals surface area contributed by atoms with Crippen LogP contribution in [0, 0.1) is 0 Å². The second kappa shape index (κ2) is 55.4. The van der Waals surface area contributed by atoms with E-state index in [1.54, 1.807) is 6.08 Å². The highest BCUT2D eigenvalue weighted by atomic mass is 16.7. The van der Waals surface area contributed by atoms with Crippen LogP contribution >= 0.6 is 0 Å². The Balaban J connectivity index is 2.24. The highest BCUT2D eigenvalue weighted by Gasteiger charge is 2.44. The van der Waals surface area contributed by atoms with E-state index in [-0.39, 0.29) is 12.5 Å². The molecule has 0 aromatic rings. The smallest absolute Gasteiger partial charge is 0.220 e. The topological polar surface area (TPSA) is 149 Å². The molecule has 0 spiro atoms. The second-order valence-corrected chi connectivity index (χ2v) is 20.4. The third kappa shape index (κ3) is 44.6. The molecule has 9 heteroatoms. The first-order chi connectivity index (χ1) is 37.8. The third-order valence-electron chi connectivity index (χ3n) is 13.4. The Bertz CT molecular complexity index is 1720. The Morgan fingerprint density at radius 2 is 0.818 bits per heavy atom. The van der Waals surface area contributed by atoms with E-state index in [9.17, 15) is 30.3 Å². The van der Waals surface area contributed by atoms with Crippen LogP contribution in [0.3, 0.4) is 0 Å². The van der Waals surface area contributed by atoms with Crippen molar-refractivity contribution in [3.8, 4) is 0 Å². The van der Waals surface area contributed by atoms with Crippen molar-refractivity contribution < 1.29 is 39.8 Å². The van der Waals surface area contributed by atoms with Crippen LogP contribution in [0.25, 0.3) is 0 Å². The minimum atomic E-state index is -1.59. The first kappa shape index (κ1) is 71.1. The zero-order valence-corrected chi connectivity index (χ0v) is 48.4. The van der Waals surface area contributed by atoms with Gasteiger partial charge in [0.1, 0.15) is 24.4 Å². The Hall–Kier alpha value is -3.93. The van der Waals surface area contributed by atoms with Crippen molar-refractivity contribution in [2.45, 2.75) is 262 Å². The fraction of sp³-hybridized carbons (Fsp3) is 0.632. The standard InChI is InChI=1S/C68H111NO8/c1-3-5-7-9-11-13-15-17-19-21-23-24-25-26-27-28-29-30-31-32-33-34-35-36-37-38-40-42-44-46-48-50-52-54-56-58-64(72)69-61(60-76-68-67(75)66(74)65(73)63(59-70)77-68)62(71)57-55-53-51-49-47-45-43-41-39-22-20-18-16-14-12-10-8-6-4-2/h5,7,11,13,17,19,23-24,26-27,29-30,32-33,35-36,38-41,47,49,55,57,61-63,65-68,70-71,73-75H,3-4,6,8-10,12,14-16,18,20-22,25,28,31,34,37,42-46,48,50-54,56,58-60H2,1-2H3,(H,69,72)/b7-5-,13-11-,19-17-,24-23-,27-26-,30-29-,33-32-,36-35-,40-38-,41-39+,49-47+,57-55+. The van der Waals surface area contributed by atoms with Crippen molar-refractivity contribution in [3.63, 3.8) is 0 Å². The number of carbonyl (C=O) groups is 1. The monoisotopic (exact) mass is 1070 g/mol. The fourth-order valence-corrected chi connectivity index (χ4v) is 8.59. The normalized spacial score (nSPS) is 19.8. The molecular weight excluding hydrogens is 959 g/mol. The molecule has 436 valence electrons. The quantitative estimate of drug-likeness (QED) is 0.0261. The number of carbonyl (C=O) groups excluding carboxylic acids is 1. The summed E-state index contributed by atoms with van der Waals surface area (Å²) in [6, 6.07) is -0.846. The van der Waals surface area contributed by atoms with Gasteiger partial charge in [-0.25, -0.2) is 0 Å². The maximum Gasteiger partial charge on any atom is 0.220 e. The van der Waals surface area contributed by atoms with Crippen molar-refractivity contribution in [1.29, 1.82) is 0 Å². The van der Waals surface area contributed by atoms with Crippen LogP contribution in [0.4, 0.5) is 0 Å². The number of aliphatic hydroxyl groups is 5. The van der Waals surface area contributed by atoms with Gasteiger partial charge in [0.25, 0.3) is 0 Å². The number of hydrogen-bond donors (Lipinski definition) is 6. The minimum Gasteiger partial charge on any atom is -0.394 e. The van der Waals surface area contributed by atoms with Crippen LogP contribution in [-0.4, -0.2) is 87.5 Å². The number of nitrogens with one attached hydrogen (secondary N) is 1. The highest BCUT2D eigenvalue weighted by Crippen LogP contribution is 2.23. The van der Waals surface area contributed by atoms with Crippen LogP contribution in [0.2, 0.25) is 0 Å². The molecule has 7 atom stereocenters. The lowest BCUT2D eigenvalue weighted by molar-refractivity contribution is -0.302. The number of ether oxygens (including phenoxy) is 2. The van der Waals surface area contributed by atoms with Crippen LogP contribution in [0.15, 0.2) is 146 Å². The molecule has 1 heterocycles. The van der Waals surface area contributed by atoms with Gasteiger partial charge in [-0.2, -0.15) is 0 Å². The molecule has 0 saturated carbocycles. The largest absolute Gasteiger partial charge is 0.394 e. The zero-order chi connectivity index (χ0) is 55.8.